The van der Waals surface area contributed by atoms with E-state index in [1.807, 2.05) is 30.3 Å². The van der Waals surface area contributed by atoms with Crippen molar-refractivity contribution < 1.29 is 19.4 Å². The highest BCUT2D eigenvalue weighted by molar-refractivity contribution is 6.03. The number of methoxy groups -OCH3 is 1. The molecule has 0 aromatic heterocycles. The van der Waals surface area contributed by atoms with Crippen LogP contribution in [0.3, 0.4) is 0 Å². The predicted molar refractivity (Wildman–Crippen MR) is 104 cm³/mol. The minimum Gasteiger partial charge on any atom is -0.497 e. The number of ether oxygens (including phenoxy) is 1. The predicted octanol–water partition coefficient (Wildman–Crippen LogP) is 2.58. The second kappa shape index (κ2) is 8.33. The first-order valence-electron chi connectivity index (χ1n) is 8.46. The van der Waals surface area contributed by atoms with Gasteiger partial charge in [-0.05, 0) is 35.0 Å². The zero-order valence-electron chi connectivity index (χ0n) is 14.8. The van der Waals surface area contributed by atoms with Crippen LogP contribution in [-0.4, -0.2) is 36.7 Å². The average molecular weight is 364 g/mol. The lowest BCUT2D eigenvalue weighted by Gasteiger charge is -2.17. The first-order chi connectivity index (χ1) is 13.1. The Kier molecular flexibility index (Phi) is 5.68. The third-order valence-corrected chi connectivity index (χ3v) is 4.15. The summed E-state index contributed by atoms with van der Waals surface area (Å²) in [6, 6.07) is 18.7. The topological polar surface area (TPSA) is 87.7 Å². The highest BCUT2D eigenvalue weighted by atomic mass is 16.5. The summed E-state index contributed by atoms with van der Waals surface area (Å²) in [5, 5.41) is 16.7. The first-order valence-corrected chi connectivity index (χ1v) is 8.46. The van der Waals surface area contributed by atoms with Gasteiger partial charge in [0.2, 0.25) is 5.91 Å². The summed E-state index contributed by atoms with van der Waals surface area (Å²) in [5.41, 5.74) is 0.930. The van der Waals surface area contributed by atoms with Crippen LogP contribution in [0.25, 0.3) is 10.8 Å². The van der Waals surface area contributed by atoms with E-state index in [1.54, 1.807) is 36.4 Å². The molecule has 6 nitrogen and oxygen atoms in total. The van der Waals surface area contributed by atoms with E-state index >= 15 is 0 Å². The average Bonchev–Trinajstić information content (AvgIpc) is 2.71. The van der Waals surface area contributed by atoms with Crippen molar-refractivity contribution in [1.29, 1.82) is 0 Å². The number of amides is 2. The number of aliphatic hydroxyl groups is 1. The Morgan fingerprint density at radius 3 is 2.52 bits per heavy atom. The number of rotatable bonds is 6. The van der Waals surface area contributed by atoms with Crippen molar-refractivity contribution in [3.05, 3.63) is 72.3 Å². The molecule has 2 amide bonds. The van der Waals surface area contributed by atoms with Crippen LogP contribution in [0.1, 0.15) is 10.4 Å². The first kappa shape index (κ1) is 18.4. The maximum atomic E-state index is 12.5. The number of aliphatic hydroxyl groups excluding tert-OH is 1. The molecule has 0 spiro atoms. The smallest absolute Gasteiger partial charge is 0.252 e. The molecule has 3 rings (SSSR count). The summed E-state index contributed by atoms with van der Waals surface area (Å²) >= 11 is 0. The summed E-state index contributed by atoms with van der Waals surface area (Å²) in [6.45, 7) is -0.519. The molecule has 27 heavy (non-hydrogen) atoms. The van der Waals surface area contributed by atoms with Crippen LogP contribution in [0.2, 0.25) is 0 Å². The lowest BCUT2D eigenvalue weighted by Crippen LogP contribution is -2.46. The molecule has 0 aliphatic heterocycles. The maximum absolute atomic E-state index is 12.5. The molecular weight excluding hydrogens is 344 g/mol. The SMILES string of the molecule is COc1cccc(NC(=O)[C@H](CO)NC(=O)c2ccc3ccccc3c2)c1. The van der Waals surface area contributed by atoms with E-state index in [0.717, 1.165) is 10.8 Å². The summed E-state index contributed by atoms with van der Waals surface area (Å²) in [4.78, 5) is 24.9. The summed E-state index contributed by atoms with van der Waals surface area (Å²) in [5.74, 6) is -0.353. The lowest BCUT2D eigenvalue weighted by molar-refractivity contribution is -0.118. The molecule has 0 heterocycles. The summed E-state index contributed by atoms with van der Waals surface area (Å²) in [6.07, 6.45) is 0. The van der Waals surface area contributed by atoms with Crippen molar-refractivity contribution in [3.63, 3.8) is 0 Å². The highest BCUT2D eigenvalue weighted by Gasteiger charge is 2.21. The van der Waals surface area contributed by atoms with Crippen LogP contribution in [0, 0.1) is 0 Å². The van der Waals surface area contributed by atoms with E-state index in [-0.39, 0.29) is 0 Å². The van der Waals surface area contributed by atoms with Crippen LogP contribution in [-0.2, 0) is 4.79 Å². The van der Waals surface area contributed by atoms with Gasteiger partial charge in [-0.3, -0.25) is 9.59 Å². The Bertz CT molecular complexity index is 971. The molecule has 1 atom stereocenters. The van der Waals surface area contributed by atoms with E-state index in [0.29, 0.717) is 17.0 Å². The number of carbonyl (C=O) groups excluding carboxylic acids is 2. The van der Waals surface area contributed by atoms with Gasteiger partial charge in [-0.15, -0.1) is 0 Å². The molecule has 0 saturated carbocycles. The van der Waals surface area contributed by atoms with Gasteiger partial charge in [0.25, 0.3) is 5.91 Å². The number of fused-ring (bicyclic) bond motifs is 1. The van der Waals surface area contributed by atoms with Crippen molar-refractivity contribution in [1.82, 2.24) is 5.32 Å². The van der Waals surface area contributed by atoms with Crippen LogP contribution in [0.5, 0.6) is 5.75 Å². The number of hydrogen-bond donors (Lipinski definition) is 3. The fourth-order valence-corrected chi connectivity index (χ4v) is 2.70. The standard InChI is InChI=1S/C21H20N2O4/c1-27-18-8-4-7-17(12-18)22-21(26)19(13-24)23-20(25)16-10-9-14-5-2-3-6-15(14)11-16/h2-12,19,24H,13H2,1H3,(H,22,26)(H,23,25)/t19-/m0/s1. The second-order valence-electron chi connectivity index (χ2n) is 5.99. The molecule has 138 valence electrons. The van der Waals surface area contributed by atoms with Crippen molar-refractivity contribution in [2.75, 3.05) is 19.0 Å². The lowest BCUT2D eigenvalue weighted by atomic mass is 10.1. The second-order valence-corrected chi connectivity index (χ2v) is 5.99. The fraction of sp³-hybridized carbons (Fsp3) is 0.143. The normalized spacial score (nSPS) is 11.6. The molecule has 6 heteroatoms. The Morgan fingerprint density at radius 2 is 1.78 bits per heavy atom. The Labute approximate surface area is 156 Å². The molecule has 0 radical (unpaired) electrons. The van der Waals surface area contributed by atoms with Gasteiger partial charge in [-0.25, -0.2) is 0 Å². The van der Waals surface area contributed by atoms with E-state index in [2.05, 4.69) is 10.6 Å². The summed E-state index contributed by atoms with van der Waals surface area (Å²) < 4.78 is 5.11. The van der Waals surface area contributed by atoms with Gasteiger partial charge in [-0.1, -0.05) is 36.4 Å². The molecule has 3 N–H and O–H groups in total. The van der Waals surface area contributed by atoms with Gasteiger partial charge >= 0.3 is 0 Å². The Morgan fingerprint density at radius 1 is 1.00 bits per heavy atom. The Balaban J connectivity index is 1.70. The van der Waals surface area contributed by atoms with Crippen molar-refractivity contribution >= 4 is 28.3 Å². The van der Waals surface area contributed by atoms with Crippen molar-refractivity contribution in [2.24, 2.45) is 0 Å². The van der Waals surface area contributed by atoms with Crippen LogP contribution >= 0.6 is 0 Å². The number of nitrogens with one attached hydrogen (secondary N) is 2. The quantitative estimate of drug-likeness (QED) is 0.627. The highest BCUT2D eigenvalue weighted by Crippen LogP contribution is 2.17. The van der Waals surface area contributed by atoms with Crippen LogP contribution in [0.15, 0.2) is 66.7 Å². The molecule has 3 aromatic rings. The molecule has 0 unspecified atom stereocenters. The molecule has 0 fully saturated rings. The van der Waals surface area contributed by atoms with Gasteiger partial charge in [0.15, 0.2) is 0 Å². The minimum atomic E-state index is -1.07. The fourth-order valence-electron chi connectivity index (χ4n) is 2.70. The van der Waals surface area contributed by atoms with Crippen molar-refractivity contribution in [2.45, 2.75) is 6.04 Å². The monoisotopic (exact) mass is 364 g/mol. The maximum Gasteiger partial charge on any atom is 0.252 e. The largest absolute Gasteiger partial charge is 0.497 e. The zero-order chi connectivity index (χ0) is 19.2. The van der Waals surface area contributed by atoms with Gasteiger partial charge in [0.1, 0.15) is 11.8 Å². The van der Waals surface area contributed by atoms with Gasteiger partial charge in [-0.2, -0.15) is 0 Å². The van der Waals surface area contributed by atoms with E-state index in [4.69, 9.17) is 4.74 Å². The molecule has 3 aromatic carbocycles. The number of hydrogen-bond acceptors (Lipinski definition) is 4. The molecular formula is C21H20N2O4. The van der Waals surface area contributed by atoms with Crippen LogP contribution in [0.4, 0.5) is 5.69 Å². The van der Waals surface area contributed by atoms with Gasteiger partial charge in [0, 0.05) is 17.3 Å². The minimum absolute atomic E-state index is 0.418. The number of anilines is 1. The van der Waals surface area contributed by atoms with Crippen LogP contribution < -0.4 is 15.4 Å². The van der Waals surface area contributed by atoms with Gasteiger partial charge in [0.05, 0.1) is 13.7 Å². The van der Waals surface area contributed by atoms with Gasteiger partial charge < -0.3 is 20.5 Å². The molecule has 0 bridgehead atoms. The zero-order valence-corrected chi connectivity index (χ0v) is 14.8. The molecule has 0 aliphatic carbocycles. The van der Waals surface area contributed by atoms with Crippen molar-refractivity contribution in [3.8, 4) is 5.75 Å². The van der Waals surface area contributed by atoms with E-state index < -0.39 is 24.5 Å². The Hall–Kier alpha value is -3.38. The van der Waals surface area contributed by atoms with E-state index in [1.165, 1.54) is 7.11 Å². The third-order valence-electron chi connectivity index (χ3n) is 4.15. The summed E-state index contributed by atoms with van der Waals surface area (Å²) in [7, 11) is 1.53. The third kappa shape index (κ3) is 4.43. The molecule has 0 saturated heterocycles. The molecule has 0 aliphatic rings. The van der Waals surface area contributed by atoms with E-state index in [9.17, 15) is 14.7 Å². The number of carbonyl (C=O) groups is 2. The number of benzene rings is 3.